The molecule has 1 amide bonds. The first kappa shape index (κ1) is 19.2. The zero-order valence-electron chi connectivity index (χ0n) is 15.5. The largest absolute Gasteiger partial charge is 0.416 e. The minimum Gasteiger partial charge on any atom is -0.416 e. The van der Waals surface area contributed by atoms with Crippen LogP contribution in [0.4, 0.5) is 0 Å². The summed E-state index contributed by atoms with van der Waals surface area (Å²) >= 11 is 1.20. The molecule has 0 bridgehead atoms. The van der Waals surface area contributed by atoms with Crippen molar-refractivity contribution in [3.63, 3.8) is 0 Å². The molecule has 0 radical (unpaired) electrons. The highest BCUT2D eigenvalue weighted by molar-refractivity contribution is 7.99. The molecule has 0 aliphatic carbocycles. The van der Waals surface area contributed by atoms with Gasteiger partial charge in [-0.2, -0.15) is 0 Å². The SMILES string of the molecule is O=C(CSc1nnc(CCn2ccc(=O)[nH]c2=O)o1)N1CCc2ccccc2C1. The summed E-state index contributed by atoms with van der Waals surface area (Å²) in [5, 5.41) is 8.22. The maximum Gasteiger partial charge on any atom is 0.328 e. The number of fused-ring (bicyclic) bond motifs is 1. The van der Waals surface area contributed by atoms with E-state index in [1.54, 1.807) is 0 Å². The van der Waals surface area contributed by atoms with E-state index in [1.807, 2.05) is 17.0 Å². The quantitative estimate of drug-likeness (QED) is 0.596. The maximum atomic E-state index is 12.5. The van der Waals surface area contributed by atoms with Crippen LogP contribution in [0.1, 0.15) is 17.0 Å². The average Bonchev–Trinajstić information content (AvgIpc) is 3.19. The molecule has 0 atom stereocenters. The first-order valence-electron chi connectivity index (χ1n) is 9.18. The minimum absolute atomic E-state index is 0.0315. The van der Waals surface area contributed by atoms with Gasteiger partial charge in [-0.1, -0.05) is 36.0 Å². The van der Waals surface area contributed by atoms with Crippen LogP contribution in [-0.4, -0.2) is 42.9 Å². The van der Waals surface area contributed by atoms with E-state index in [0.29, 0.717) is 37.2 Å². The number of aromatic amines is 1. The van der Waals surface area contributed by atoms with Crippen molar-refractivity contribution in [1.29, 1.82) is 0 Å². The predicted molar refractivity (Wildman–Crippen MR) is 106 cm³/mol. The second-order valence-electron chi connectivity index (χ2n) is 6.64. The van der Waals surface area contributed by atoms with Crippen molar-refractivity contribution in [3.8, 4) is 0 Å². The molecule has 0 fully saturated rings. The Morgan fingerprint density at radius 3 is 2.83 bits per heavy atom. The standard InChI is InChI=1S/C19H19N5O4S/c25-15-6-9-23(18(27)20-15)10-7-16-21-22-19(28-16)29-12-17(26)24-8-5-13-3-1-2-4-14(13)11-24/h1-4,6,9H,5,7-8,10-12H2,(H,20,25,27). The third-order valence-electron chi connectivity index (χ3n) is 4.71. The van der Waals surface area contributed by atoms with Gasteiger partial charge in [-0.25, -0.2) is 4.79 Å². The monoisotopic (exact) mass is 413 g/mol. The van der Waals surface area contributed by atoms with Crippen molar-refractivity contribution in [2.75, 3.05) is 12.3 Å². The number of H-pyrrole nitrogens is 1. The molecule has 1 aliphatic heterocycles. The highest BCUT2D eigenvalue weighted by Gasteiger charge is 2.21. The molecule has 1 aromatic carbocycles. The van der Waals surface area contributed by atoms with E-state index in [1.165, 1.54) is 39.7 Å². The van der Waals surface area contributed by atoms with E-state index in [9.17, 15) is 14.4 Å². The summed E-state index contributed by atoms with van der Waals surface area (Å²) in [6, 6.07) is 9.45. The summed E-state index contributed by atoms with van der Waals surface area (Å²) < 4.78 is 6.90. The molecule has 0 saturated carbocycles. The zero-order chi connectivity index (χ0) is 20.2. The van der Waals surface area contributed by atoms with E-state index < -0.39 is 11.2 Å². The number of nitrogens with one attached hydrogen (secondary N) is 1. The van der Waals surface area contributed by atoms with Gasteiger partial charge in [-0.05, 0) is 17.5 Å². The normalized spacial score (nSPS) is 13.3. The Morgan fingerprint density at radius 2 is 2.00 bits per heavy atom. The van der Waals surface area contributed by atoms with Gasteiger partial charge in [0, 0.05) is 38.3 Å². The summed E-state index contributed by atoms with van der Waals surface area (Å²) in [6.07, 6.45) is 2.63. The Balaban J connectivity index is 1.29. The van der Waals surface area contributed by atoms with Gasteiger partial charge < -0.3 is 13.9 Å². The lowest BCUT2D eigenvalue weighted by molar-refractivity contribution is -0.129. The summed E-state index contributed by atoms with van der Waals surface area (Å²) in [5.41, 5.74) is 1.56. The minimum atomic E-state index is -0.486. The highest BCUT2D eigenvalue weighted by atomic mass is 32.2. The van der Waals surface area contributed by atoms with Crippen molar-refractivity contribution in [3.05, 3.63) is 74.4 Å². The van der Waals surface area contributed by atoms with Gasteiger partial charge in [0.25, 0.3) is 10.8 Å². The maximum absolute atomic E-state index is 12.5. The van der Waals surface area contributed by atoms with Crippen LogP contribution in [0.3, 0.4) is 0 Å². The predicted octanol–water partition coefficient (Wildman–Crippen LogP) is 0.839. The molecular formula is C19H19N5O4S. The zero-order valence-corrected chi connectivity index (χ0v) is 16.4. The van der Waals surface area contributed by atoms with Gasteiger partial charge in [0.05, 0.1) is 5.75 Å². The number of amides is 1. The van der Waals surface area contributed by atoms with E-state index in [4.69, 9.17) is 4.42 Å². The van der Waals surface area contributed by atoms with Crippen LogP contribution in [-0.2, 0) is 30.7 Å². The first-order valence-corrected chi connectivity index (χ1v) is 10.2. The Kier molecular flexibility index (Phi) is 5.61. The van der Waals surface area contributed by atoms with Gasteiger partial charge >= 0.3 is 5.69 Å². The Labute approximate surface area is 169 Å². The van der Waals surface area contributed by atoms with Crippen molar-refractivity contribution >= 4 is 17.7 Å². The number of thioether (sulfide) groups is 1. The van der Waals surface area contributed by atoms with E-state index in [-0.39, 0.29) is 11.7 Å². The number of aromatic nitrogens is 4. The van der Waals surface area contributed by atoms with E-state index in [2.05, 4.69) is 27.3 Å². The third-order valence-corrected chi connectivity index (χ3v) is 5.52. The molecule has 4 rings (SSSR count). The average molecular weight is 413 g/mol. The van der Waals surface area contributed by atoms with Crippen LogP contribution in [0.2, 0.25) is 0 Å². The first-order chi connectivity index (χ1) is 14.1. The number of carbonyl (C=O) groups is 1. The van der Waals surface area contributed by atoms with Crippen molar-refractivity contribution in [1.82, 2.24) is 24.6 Å². The van der Waals surface area contributed by atoms with Gasteiger partial charge in [0.2, 0.25) is 11.8 Å². The van der Waals surface area contributed by atoms with E-state index >= 15 is 0 Å². The molecule has 3 heterocycles. The molecule has 29 heavy (non-hydrogen) atoms. The van der Waals surface area contributed by atoms with Crippen LogP contribution >= 0.6 is 11.8 Å². The fourth-order valence-electron chi connectivity index (χ4n) is 3.16. The molecule has 0 spiro atoms. The summed E-state index contributed by atoms with van der Waals surface area (Å²) in [7, 11) is 0. The molecule has 0 unspecified atom stereocenters. The number of aryl methyl sites for hydroxylation is 2. The molecule has 150 valence electrons. The molecular weight excluding hydrogens is 394 g/mol. The number of hydrogen-bond acceptors (Lipinski definition) is 7. The number of nitrogens with zero attached hydrogens (tertiary/aromatic N) is 4. The second kappa shape index (κ2) is 8.48. The smallest absolute Gasteiger partial charge is 0.328 e. The fourth-order valence-corrected chi connectivity index (χ4v) is 3.84. The van der Waals surface area contributed by atoms with Gasteiger partial charge in [-0.15, -0.1) is 10.2 Å². The number of carbonyl (C=O) groups excluding carboxylic acids is 1. The van der Waals surface area contributed by atoms with Crippen LogP contribution in [0.15, 0.2) is 55.8 Å². The van der Waals surface area contributed by atoms with Crippen LogP contribution < -0.4 is 11.2 Å². The van der Waals surface area contributed by atoms with Crippen LogP contribution in [0.25, 0.3) is 0 Å². The Hall–Kier alpha value is -3.14. The van der Waals surface area contributed by atoms with Gasteiger partial charge in [-0.3, -0.25) is 14.6 Å². The van der Waals surface area contributed by atoms with Crippen molar-refractivity contribution in [2.24, 2.45) is 0 Å². The molecule has 10 heteroatoms. The van der Waals surface area contributed by atoms with Gasteiger partial charge in [0.1, 0.15) is 0 Å². The second-order valence-corrected chi connectivity index (χ2v) is 7.56. The molecule has 1 N–H and O–H groups in total. The highest BCUT2D eigenvalue weighted by Crippen LogP contribution is 2.21. The van der Waals surface area contributed by atoms with Gasteiger partial charge in [0.15, 0.2) is 0 Å². The molecule has 0 saturated heterocycles. The van der Waals surface area contributed by atoms with Crippen molar-refractivity contribution < 1.29 is 9.21 Å². The third kappa shape index (κ3) is 4.65. The number of benzene rings is 1. The summed E-state index contributed by atoms with van der Waals surface area (Å²) in [4.78, 5) is 39.3. The lowest BCUT2D eigenvalue weighted by Crippen LogP contribution is -2.37. The molecule has 2 aromatic heterocycles. The summed E-state index contributed by atoms with van der Waals surface area (Å²) in [6.45, 7) is 1.63. The summed E-state index contributed by atoms with van der Waals surface area (Å²) in [5.74, 6) is 0.623. The molecule has 1 aliphatic rings. The molecule has 9 nitrogen and oxygen atoms in total. The van der Waals surface area contributed by atoms with E-state index in [0.717, 1.165) is 6.42 Å². The van der Waals surface area contributed by atoms with Crippen molar-refractivity contribution in [2.45, 2.75) is 31.2 Å². The lowest BCUT2D eigenvalue weighted by atomic mass is 10.00. The number of rotatable bonds is 6. The fraction of sp³-hybridized carbons (Fsp3) is 0.316. The topological polar surface area (TPSA) is 114 Å². The number of hydrogen-bond donors (Lipinski definition) is 1. The Morgan fingerprint density at radius 1 is 1.17 bits per heavy atom. The Bertz CT molecular complexity index is 1140. The van der Waals surface area contributed by atoms with Crippen LogP contribution in [0, 0.1) is 0 Å². The lowest BCUT2D eigenvalue weighted by Gasteiger charge is -2.28. The van der Waals surface area contributed by atoms with Crippen LogP contribution in [0.5, 0.6) is 0 Å². The molecule has 3 aromatic rings.